The van der Waals surface area contributed by atoms with Crippen molar-refractivity contribution in [2.75, 3.05) is 6.54 Å². The van der Waals surface area contributed by atoms with Gasteiger partial charge < -0.3 is 24.3 Å². The molecule has 0 fully saturated rings. The van der Waals surface area contributed by atoms with Crippen LogP contribution in [0.5, 0.6) is 0 Å². The normalized spacial score (nSPS) is 11.8. The minimum atomic E-state index is -1.08. The zero-order chi connectivity index (χ0) is 36.8. The third-order valence-electron chi connectivity index (χ3n) is 8.25. The summed E-state index contributed by atoms with van der Waals surface area (Å²) < 4.78 is 21.9. The highest BCUT2D eigenvalue weighted by molar-refractivity contribution is 5.86. The molecule has 2 atom stereocenters. The SMILES string of the molecule is O=C(CCCNC(=O)C(CCC(=O)OCc1ccccc1)C(CCC(=O)OCc1ccccc1)C(=O)OCc1ccccc1)OCc1ccccc1. The average Bonchev–Trinajstić information content (AvgIpc) is 3.18. The summed E-state index contributed by atoms with van der Waals surface area (Å²) in [6.45, 7) is 0.363. The summed E-state index contributed by atoms with van der Waals surface area (Å²) in [6.07, 6.45) is -0.0441. The molecule has 10 nitrogen and oxygen atoms in total. The van der Waals surface area contributed by atoms with E-state index in [-0.39, 0.29) is 65.1 Å². The number of rotatable bonds is 21. The zero-order valence-electron chi connectivity index (χ0n) is 29.2. The van der Waals surface area contributed by atoms with Gasteiger partial charge >= 0.3 is 23.9 Å². The lowest BCUT2D eigenvalue weighted by Crippen LogP contribution is -2.40. The number of esters is 4. The zero-order valence-corrected chi connectivity index (χ0v) is 29.2. The Balaban J connectivity index is 1.41. The number of amides is 1. The second-order valence-corrected chi connectivity index (χ2v) is 12.2. The molecule has 1 N–H and O–H groups in total. The maximum Gasteiger partial charge on any atom is 0.310 e. The van der Waals surface area contributed by atoms with Crippen molar-refractivity contribution in [3.8, 4) is 0 Å². The molecule has 52 heavy (non-hydrogen) atoms. The van der Waals surface area contributed by atoms with Gasteiger partial charge in [0.25, 0.3) is 0 Å². The topological polar surface area (TPSA) is 134 Å². The van der Waals surface area contributed by atoms with Crippen LogP contribution in [0.1, 0.15) is 60.8 Å². The molecule has 0 bridgehead atoms. The van der Waals surface area contributed by atoms with Gasteiger partial charge in [-0.05, 0) is 41.5 Å². The molecule has 0 saturated carbocycles. The van der Waals surface area contributed by atoms with E-state index >= 15 is 0 Å². The van der Waals surface area contributed by atoms with E-state index in [1.165, 1.54) is 0 Å². The van der Waals surface area contributed by atoms with E-state index in [0.29, 0.717) is 6.42 Å². The van der Waals surface area contributed by atoms with E-state index in [2.05, 4.69) is 5.32 Å². The van der Waals surface area contributed by atoms with Crippen molar-refractivity contribution in [2.24, 2.45) is 11.8 Å². The molecular weight excluding hydrogens is 662 g/mol. The van der Waals surface area contributed by atoms with Crippen molar-refractivity contribution in [2.45, 2.75) is 65.0 Å². The Morgan fingerprint density at radius 3 is 1.19 bits per heavy atom. The summed E-state index contributed by atoms with van der Waals surface area (Å²) in [5.41, 5.74) is 3.23. The predicted octanol–water partition coefficient (Wildman–Crippen LogP) is 6.65. The Kier molecular flexibility index (Phi) is 16.6. The minimum absolute atomic E-state index is 0.0345. The molecule has 0 spiro atoms. The Morgan fingerprint density at radius 2 is 0.788 bits per heavy atom. The van der Waals surface area contributed by atoms with Gasteiger partial charge in [0.05, 0.1) is 11.8 Å². The second kappa shape index (κ2) is 22.1. The molecule has 0 aromatic heterocycles. The molecule has 0 heterocycles. The molecule has 4 rings (SSSR count). The van der Waals surface area contributed by atoms with Crippen LogP contribution in [0.15, 0.2) is 121 Å². The lowest BCUT2D eigenvalue weighted by atomic mass is 9.84. The quantitative estimate of drug-likeness (QED) is 0.0574. The molecule has 0 aliphatic carbocycles. The Bertz CT molecular complexity index is 1680. The highest BCUT2D eigenvalue weighted by atomic mass is 16.5. The van der Waals surface area contributed by atoms with Gasteiger partial charge in [-0.25, -0.2) is 0 Å². The highest BCUT2D eigenvalue weighted by Crippen LogP contribution is 2.26. The van der Waals surface area contributed by atoms with Crippen molar-refractivity contribution in [3.05, 3.63) is 144 Å². The fourth-order valence-corrected chi connectivity index (χ4v) is 5.39. The largest absolute Gasteiger partial charge is 0.461 e. The van der Waals surface area contributed by atoms with Crippen LogP contribution in [-0.4, -0.2) is 36.3 Å². The summed E-state index contributed by atoms with van der Waals surface area (Å²) >= 11 is 0. The first-order chi connectivity index (χ1) is 25.4. The van der Waals surface area contributed by atoms with Crippen LogP contribution in [-0.2, 0) is 69.3 Å². The summed E-state index contributed by atoms with van der Waals surface area (Å²) in [5.74, 6) is -4.80. The van der Waals surface area contributed by atoms with Gasteiger partial charge in [-0.2, -0.15) is 0 Å². The molecule has 10 heteroatoms. The van der Waals surface area contributed by atoms with Gasteiger partial charge in [0.1, 0.15) is 26.4 Å². The van der Waals surface area contributed by atoms with Crippen LogP contribution in [0.4, 0.5) is 0 Å². The van der Waals surface area contributed by atoms with E-state index in [4.69, 9.17) is 18.9 Å². The molecule has 4 aromatic carbocycles. The van der Waals surface area contributed by atoms with E-state index in [1.54, 1.807) is 12.1 Å². The number of benzene rings is 4. The first-order valence-electron chi connectivity index (χ1n) is 17.4. The number of carbonyl (C=O) groups excluding carboxylic acids is 5. The fraction of sp³-hybridized carbons (Fsp3) is 0.310. The third-order valence-corrected chi connectivity index (χ3v) is 8.25. The predicted molar refractivity (Wildman–Crippen MR) is 193 cm³/mol. The number of ether oxygens (including phenoxy) is 4. The third kappa shape index (κ3) is 14.6. The maximum absolute atomic E-state index is 13.8. The molecule has 4 aromatic rings. The first kappa shape index (κ1) is 39.0. The van der Waals surface area contributed by atoms with Gasteiger partial charge in [-0.15, -0.1) is 0 Å². The minimum Gasteiger partial charge on any atom is -0.461 e. The van der Waals surface area contributed by atoms with Gasteiger partial charge in [0.2, 0.25) is 5.91 Å². The molecule has 0 radical (unpaired) electrons. The summed E-state index contributed by atoms with van der Waals surface area (Å²) in [4.78, 5) is 65.4. The fourth-order valence-electron chi connectivity index (χ4n) is 5.39. The summed E-state index contributed by atoms with van der Waals surface area (Å²) in [6, 6.07) is 36.8. The maximum atomic E-state index is 13.8. The van der Waals surface area contributed by atoms with E-state index < -0.39 is 41.6 Å². The number of hydrogen-bond acceptors (Lipinski definition) is 9. The molecule has 0 aliphatic rings. The van der Waals surface area contributed by atoms with Crippen LogP contribution in [0, 0.1) is 11.8 Å². The van der Waals surface area contributed by atoms with E-state index in [9.17, 15) is 24.0 Å². The standard InChI is InChI=1S/C42H45NO9/c44-38(49-28-32-14-5-1-6-15-32)22-13-27-43-41(47)36(23-25-39(45)50-29-33-16-7-2-8-17-33)37(42(48)52-31-35-20-11-4-12-21-35)24-26-40(46)51-30-34-18-9-3-10-19-34/h1-12,14-21,36-37H,13,22-31H2,(H,43,47). The Hall–Kier alpha value is -5.77. The lowest BCUT2D eigenvalue weighted by molar-refractivity contribution is -0.157. The van der Waals surface area contributed by atoms with E-state index in [0.717, 1.165) is 22.3 Å². The van der Waals surface area contributed by atoms with Gasteiger partial charge in [-0.1, -0.05) is 121 Å². The molecular formula is C42H45NO9. The molecule has 2 unspecified atom stereocenters. The monoisotopic (exact) mass is 707 g/mol. The molecule has 0 saturated heterocycles. The van der Waals surface area contributed by atoms with Crippen LogP contribution < -0.4 is 5.32 Å². The van der Waals surface area contributed by atoms with E-state index in [1.807, 2.05) is 109 Å². The van der Waals surface area contributed by atoms with Crippen LogP contribution in [0.2, 0.25) is 0 Å². The van der Waals surface area contributed by atoms with Crippen molar-refractivity contribution in [1.29, 1.82) is 0 Å². The van der Waals surface area contributed by atoms with Crippen molar-refractivity contribution >= 4 is 29.8 Å². The van der Waals surface area contributed by atoms with Crippen LogP contribution in [0.3, 0.4) is 0 Å². The van der Waals surface area contributed by atoms with Gasteiger partial charge in [0.15, 0.2) is 0 Å². The number of nitrogens with one attached hydrogen (secondary N) is 1. The second-order valence-electron chi connectivity index (χ2n) is 12.2. The number of hydrogen-bond donors (Lipinski definition) is 1. The van der Waals surface area contributed by atoms with Gasteiger partial charge in [0, 0.05) is 25.8 Å². The molecule has 0 aliphatic heterocycles. The van der Waals surface area contributed by atoms with Gasteiger partial charge in [-0.3, -0.25) is 24.0 Å². The smallest absolute Gasteiger partial charge is 0.310 e. The van der Waals surface area contributed by atoms with Crippen molar-refractivity contribution < 1.29 is 42.9 Å². The Labute approximate surface area is 304 Å². The summed E-state index contributed by atoms with van der Waals surface area (Å²) in [5, 5.41) is 2.81. The Morgan fingerprint density at radius 1 is 0.442 bits per heavy atom. The molecule has 1 amide bonds. The average molecular weight is 708 g/mol. The summed E-state index contributed by atoms with van der Waals surface area (Å²) in [7, 11) is 0. The number of carbonyl (C=O) groups is 5. The van der Waals surface area contributed by atoms with Crippen LogP contribution >= 0.6 is 0 Å². The lowest BCUT2D eigenvalue weighted by Gasteiger charge is -2.25. The van der Waals surface area contributed by atoms with Crippen LogP contribution in [0.25, 0.3) is 0 Å². The van der Waals surface area contributed by atoms with Crippen molar-refractivity contribution in [1.82, 2.24) is 5.32 Å². The first-order valence-corrected chi connectivity index (χ1v) is 17.4. The van der Waals surface area contributed by atoms with Crippen molar-refractivity contribution in [3.63, 3.8) is 0 Å². The highest BCUT2D eigenvalue weighted by Gasteiger charge is 2.36. The molecule has 272 valence electrons.